The third-order valence-electron chi connectivity index (χ3n) is 3.37. The average molecular weight is 365 g/mol. The summed E-state index contributed by atoms with van der Waals surface area (Å²) in [5.41, 5.74) is 0. The van der Waals surface area contributed by atoms with Crippen molar-refractivity contribution in [1.82, 2.24) is 4.98 Å². The van der Waals surface area contributed by atoms with Crippen molar-refractivity contribution in [2.45, 2.75) is 4.90 Å². The van der Waals surface area contributed by atoms with Crippen LogP contribution in [0.1, 0.15) is 0 Å². The number of nitrogens with zero attached hydrogens (tertiary/aromatic N) is 1. The molecule has 2 N–H and O–H groups in total. The van der Waals surface area contributed by atoms with Gasteiger partial charge in [-0.1, -0.05) is 0 Å². The summed E-state index contributed by atoms with van der Waals surface area (Å²) in [6.45, 7) is -0.110. The molecule has 1 amide bonds. The number of ether oxygens (including phenoxy) is 3. The summed E-state index contributed by atoms with van der Waals surface area (Å²) in [5.74, 6) is 0.683. The van der Waals surface area contributed by atoms with Crippen LogP contribution in [-0.4, -0.2) is 40.1 Å². The quantitative estimate of drug-likeness (QED) is 0.818. The van der Waals surface area contributed by atoms with Crippen LogP contribution in [0, 0.1) is 0 Å². The van der Waals surface area contributed by atoms with E-state index in [4.69, 9.17) is 14.2 Å². The van der Waals surface area contributed by atoms with E-state index in [0.29, 0.717) is 11.5 Å². The first-order chi connectivity index (χ1) is 11.9. The smallest absolute Gasteiger partial charge is 0.266 e. The minimum Gasteiger partial charge on any atom is -0.497 e. The van der Waals surface area contributed by atoms with Gasteiger partial charge < -0.3 is 19.5 Å². The summed E-state index contributed by atoms with van der Waals surface area (Å²) in [5, 5.41) is 2.51. The van der Waals surface area contributed by atoms with Gasteiger partial charge in [0, 0.05) is 6.07 Å². The molecule has 25 heavy (non-hydrogen) atoms. The number of aromatic nitrogens is 1. The minimum absolute atomic E-state index is 0.0226. The number of carbonyl (C=O) groups excluding carboxylic acids is 1. The lowest BCUT2D eigenvalue weighted by Crippen LogP contribution is -2.26. The number of methoxy groups -OCH3 is 2. The number of amides is 1. The summed E-state index contributed by atoms with van der Waals surface area (Å²) >= 11 is 0. The second kappa shape index (κ2) is 6.48. The first kappa shape index (κ1) is 16.8. The van der Waals surface area contributed by atoms with Gasteiger partial charge in [-0.2, -0.15) is 0 Å². The summed E-state index contributed by atoms with van der Waals surface area (Å²) in [6, 6.07) is 7.36. The highest BCUT2D eigenvalue weighted by Gasteiger charge is 2.23. The Morgan fingerprint density at radius 2 is 2.00 bits per heavy atom. The number of sulfonamides is 1. The largest absolute Gasteiger partial charge is 0.497 e. The maximum Gasteiger partial charge on any atom is 0.266 e. The zero-order chi connectivity index (χ0) is 18.0. The molecule has 1 aliphatic rings. The molecular formula is C15H15N3O6S. The van der Waals surface area contributed by atoms with E-state index < -0.39 is 10.0 Å². The molecule has 1 aliphatic heterocycles. The molecule has 0 aliphatic carbocycles. The van der Waals surface area contributed by atoms with Crippen LogP contribution >= 0.6 is 0 Å². The first-order valence-electron chi connectivity index (χ1n) is 7.11. The lowest BCUT2D eigenvalue weighted by Gasteiger charge is -2.18. The predicted octanol–water partition coefficient (Wildman–Crippen LogP) is 1.23. The molecule has 1 aromatic carbocycles. The van der Waals surface area contributed by atoms with Crippen molar-refractivity contribution in [3.05, 3.63) is 30.3 Å². The van der Waals surface area contributed by atoms with E-state index in [0.717, 1.165) is 0 Å². The molecule has 2 heterocycles. The second-order valence-corrected chi connectivity index (χ2v) is 6.65. The maximum atomic E-state index is 12.7. The zero-order valence-electron chi connectivity index (χ0n) is 13.4. The van der Waals surface area contributed by atoms with Crippen LogP contribution in [0.5, 0.6) is 17.2 Å². The van der Waals surface area contributed by atoms with Crippen molar-refractivity contribution >= 4 is 27.6 Å². The highest BCUT2D eigenvalue weighted by Crippen LogP contribution is 2.31. The van der Waals surface area contributed by atoms with E-state index in [-0.39, 0.29) is 34.8 Å². The van der Waals surface area contributed by atoms with E-state index >= 15 is 0 Å². The van der Waals surface area contributed by atoms with Crippen LogP contribution in [0.4, 0.5) is 11.6 Å². The number of pyridine rings is 1. The molecule has 0 saturated heterocycles. The lowest BCUT2D eigenvalue weighted by molar-refractivity contribution is -0.118. The van der Waals surface area contributed by atoms with E-state index in [9.17, 15) is 13.2 Å². The summed E-state index contributed by atoms with van der Waals surface area (Å²) in [6.07, 6.45) is 0. The summed E-state index contributed by atoms with van der Waals surface area (Å²) < 4.78 is 43.0. The van der Waals surface area contributed by atoms with Crippen LogP contribution < -0.4 is 24.2 Å². The fourth-order valence-electron chi connectivity index (χ4n) is 2.21. The highest BCUT2D eigenvalue weighted by molar-refractivity contribution is 7.92. The number of anilines is 2. The van der Waals surface area contributed by atoms with Gasteiger partial charge in [-0.3, -0.25) is 9.52 Å². The molecule has 3 rings (SSSR count). The minimum atomic E-state index is -4.00. The van der Waals surface area contributed by atoms with Gasteiger partial charge in [0.05, 0.1) is 14.2 Å². The van der Waals surface area contributed by atoms with Gasteiger partial charge in [-0.05, 0) is 24.3 Å². The van der Waals surface area contributed by atoms with Gasteiger partial charge in [-0.25, -0.2) is 13.4 Å². The van der Waals surface area contributed by atoms with E-state index in [2.05, 4.69) is 15.0 Å². The van der Waals surface area contributed by atoms with Gasteiger partial charge in [0.15, 0.2) is 18.2 Å². The van der Waals surface area contributed by atoms with Crippen LogP contribution in [0.2, 0.25) is 0 Å². The third kappa shape index (κ3) is 3.43. The Kier molecular flexibility index (Phi) is 4.36. The fraction of sp³-hybridized carbons (Fsp3) is 0.200. The van der Waals surface area contributed by atoms with E-state index in [1.807, 2.05) is 0 Å². The SMILES string of the molecule is COc1ccc(OC)c(S(=O)(=O)Nc2ccc3c(n2)NC(=O)CO3)c1. The van der Waals surface area contributed by atoms with Crippen molar-refractivity contribution in [2.75, 3.05) is 30.9 Å². The van der Waals surface area contributed by atoms with Crippen molar-refractivity contribution in [2.24, 2.45) is 0 Å². The lowest BCUT2D eigenvalue weighted by atomic mass is 10.3. The van der Waals surface area contributed by atoms with Crippen LogP contribution in [0.25, 0.3) is 0 Å². The Balaban J connectivity index is 1.94. The average Bonchev–Trinajstić information content (AvgIpc) is 2.60. The Bertz CT molecular complexity index is 929. The normalized spacial score (nSPS) is 13.3. The Morgan fingerprint density at radius 3 is 2.72 bits per heavy atom. The monoisotopic (exact) mass is 365 g/mol. The van der Waals surface area contributed by atoms with E-state index in [1.165, 1.54) is 38.5 Å². The molecule has 0 unspecified atom stereocenters. The van der Waals surface area contributed by atoms with Gasteiger partial charge in [0.1, 0.15) is 22.2 Å². The maximum absolute atomic E-state index is 12.7. The number of benzene rings is 1. The number of hydrogen-bond acceptors (Lipinski definition) is 7. The Hall–Kier alpha value is -3.01. The number of fused-ring (bicyclic) bond motifs is 1. The molecule has 10 heteroatoms. The molecule has 9 nitrogen and oxygen atoms in total. The summed E-state index contributed by atoms with van der Waals surface area (Å²) in [7, 11) is -1.20. The topological polar surface area (TPSA) is 116 Å². The van der Waals surface area contributed by atoms with Crippen molar-refractivity contribution in [3.8, 4) is 17.2 Å². The summed E-state index contributed by atoms with van der Waals surface area (Å²) in [4.78, 5) is 15.3. The van der Waals surface area contributed by atoms with Gasteiger partial charge in [0.25, 0.3) is 15.9 Å². The van der Waals surface area contributed by atoms with Crippen molar-refractivity contribution in [1.29, 1.82) is 0 Å². The van der Waals surface area contributed by atoms with Crippen molar-refractivity contribution in [3.63, 3.8) is 0 Å². The molecule has 0 bridgehead atoms. The molecule has 0 radical (unpaired) electrons. The molecule has 0 saturated carbocycles. The standard InChI is InChI=1S/C15H15N3O6S/c1-22-9-3-4-10(23-2)12(7-9)25(20,21)18-13-6-5-11-15(16-13)17-14(19)8-24-11/h3-7H,8H2,1-2H3,(H2,16,17,18,19). The predicted molar refractivity (Wildman–Crippen MR) is 88.7 cm³/mol. The first-order valence-corrected chi connectivity index (χ1v) is 8.60. The molecular weight excluding hydrogens is 350 g/mol. The third-order valence-corrected chi connectivity index (χ3v) is 4.75. The number of rotatable bonds is 5. The number of hydrogen-bond donors (Lipinski definition) is 2. The van der Waals surface area contributed by atoms with Gasteiger partial charge >= 0.3 is 0 Å². The van der Waals surface area contributed by atoms with Crippen LogP contribution in [-0.2, 0) is 14.8 Å². The number of nitrogens with one attached hydrogen (secondary N) is 2. The van der Waals surface area contributed by atoms with Crippen molar-refractivity contribution < 1.29 is 27.4 Å². The second-order valence-electron chi connectivity index (χ2n) is 5.00. The van der Waals surface area contributed by atoms with Gasteiger partial charge in [-0.15, -0.1) is 0 Å². The molecule has 0 fully saturated rings. The highest BCUT2D eigenvalue weighted by atomic mass is 32.2. The molecule has 2 aromatic rings. The fourth-order valence-corrected chi connectivity index (χ4v) is 3.39. The zero-order valence-corrected chi connectivity index (χ0v) is 14.2. The molecule has 132 valence electrons. The molecule has 1 aromatic heterocycles. The van der Waals surface area contributed by atoms with Crippen LogP contribution in [0.3, 0.4) is 0 Å². The van der Waals surface area contributed by atoms with Crippen LogP contribution in [0.15, 0.2) is 35.2 Å². The molecule has 0 atom stereocenters. The van der Waals surface area contributed by atoms with Gasteiger partial charge in [0.2, 0.25) is 0 Å². The van der Waals surface area contributed by atoms with E-state index in [1.54, 1.807) is 6.07 Å². The number of carbonyl (C=O) groups is 1. The Labute approximate surface area is 144 Å². The Morgan fingerprint density at radius 1 is 1.20 bits per heavy atom. The molecule has 0 spiro atoms.